The van der Waals surface area contributed by atoms with Crippen molar-refractivity contribution in [2.24, 2.45) is 0 Å². The van der Waals surface area contributed by atoms with Gasteiger partial charge in [0, 0.05) is 15.9 Å². The molecule has 0 spiro atoms. The summed E-state index contributed by atoms with van der Waals surface area (Å²) in [6, 6.07) is 20.6. The third-order valence-electron chi connectivity index (χ3n) is 4.15. The number of pyridine rings is 1. The molecule has 122 valence electrons. The second-order valence-corrected chi connectivity index (χ2v) is 6.20. The number of H-pyrrole nitrogens is 1. The van der Waals surface area contributed by atoms with Crippen molar-refractivity contribution in [2.75, 3.05) is 0 Å². The first kappa shape index (κ1) is 15.6. The lowest BCUT2D eigenvalue weighted by Crippen LogP contribution is -2.09. The molecule has 1 aromatic heterocycles. The Morgan fingerprint density at radius 2 is 1.60 bits per heavy atom. The molecule has 4 rings (SSSR count). The van der Waals surface area contributed by atoms with E-state index in [0.29, 0.717) is 27.2 Å². The molecule has 4 aromatic rings. The van der Waals surface area contributed by atoms with Gasteiger partial charge in [-0.15, -0.1) is 0 Å². The van der Waals surface area contributed by atoms with Gasteiger partial charge in [0.05, 0.1) is 11.3 Å². The Labute approximate surface area is 148 Å². The van der Waals surface area contributed by atoms with Crippen LogP contribution in [0.5, 0.6) is 0 Å². The van der Waals surface area contributed by atoms with Gasteiger partial charge in [-0.25, -0.2) is 4.39 Å². The quantitative estimate of drug-likeness (QED) is 0.498. The van der Waals surface area contributed by atoms with Crippen LogP contribution in [-0.2, 0) is 0 Å². The molecule has 0 unspecified atom stereocenters. The van der Waals surface area contributed by atoms with Gasteiger partial charge in [-0.3, -0.25) is 4.79 Å². The number of halogens is 2. The predicted molar refractivity (Wildman–Crippen MR) is 100 cm³/mol. The molecule has 0 bridgehead atoms. The molecule has 0 fully saturated rings. The van der Waals surface area contributed by atoms with E-state index in [0.717, 1.165) is 11.1 Å². The van der Waals surface area contributed by atoms with Gasteiger partial charge in [0.25, 0.3) is 0 Å². The second kappa shape index (κ2) is 6.19. The Morgan fingerprint density at radius 3 is 2.36 bits per heavy atom. The number of fused-ring (bicyclic) bond motifs is 1. The molecule has 0 aliphatic carbocycles. The predicted octanol–water partition coefficient (Wildman–Crippen LogP) is 5.65. The summed E-state index contributed by atoms with van der Waals surface area (Å²) in [7, 11) is 0. The third-order valence-corrected chi connectivity index (χ3v) is 4.41. The second-order valence-electron chi connectivity index (χ2n) is 5.77. The molecule has 0 amide bonds. The molecule has 0 saturated carbocycles. The van der Waals surface area contributed by atoms with Gasteiger partial charge in [0.15, 0.2) is 5.43 Å². The number of aromatic amines is 1. The van der Waals surface area contributed by atoms with Crippen LogP contribution in [0.3, 0.4) is 0 Å². The van der Waals surface area contributed by atoms with E-state index in [1.165, 1.54) is 12.1 Å². The third kappa shape index (κ3) is 2.83. The molecule has 1 heterocycles. The van der Waals surface area contributed by atoms with Gasteiger partial charge in [0.1, 0.15) is 5.82 Å². The Balaban J connectivity index is 2.11. The van der Waals surface area contributed by atoms with Gasteiger partial charge < -0.3 is 4.98 Å². The molecule has 25 heavy (non-hydrogen) atoms. The molecular formula is C21H13ClFNO. The molecule has 0 saturated heterocycles. The van der Waals surface area contributed by atoms with Crippen LogP contribution in [0.1, 0.15) is 0 Å². The van der Waals surface area contributed by atoms with Crippen LogP contribution < -0.4 is 5.43 Å². The molecule has 0 aliphatic heterocycles. The van der Waals surface area contributed by atoms with Crippen LogP contribution in [0.2, 0.25) is 5.02 Å². The minimum atomic E-state index is -0.382. The van der Waals surface area contributed by atoms with E-state index in [2.05, 4.69) is 4.98 Å². The van der Waals surface area contributed by atoms with Gasteiger partial charge in [-0.05, 0) is 47.5 Å². The normalized spacial score (nSPS) is 11.0. The van der Waals surface area contributed by atoms with E-state index in [-0.39, 0.29) is 11.2 Å². The highest BCUT2D eigenvalue weighted by Gasteiger charge is 2.15. The van der Waals surface area contributed by atoms with Crippen LogP contribution in [-0.4, -0.2) is 4.98 Å². The number of para-hydroxylation sites is 1. The molecule has 4 heteroatoms. The Morgan fingerprint density at radius 1 is 0.840 bits per heavy atom. The maximum atomic E-state index is 13.8. The van der Waals surface area contributed by atoms with Crippen LogP contribution in [0.15, 0.2) is 77.6 Å². The summed E-state index contributed by atoms with van der Waals surface area (Å²) in [5.74, 6) is -0.382. The molecular weight excluding hydrogens is 337 g/mol. The van der Waals surface area contributed by atoms with E-state index in [1.807, 2.05) is 30.3 Å². The lowest BCUT2D eigenvalue weighted by Gasteiger charge is -2.12. The average molecular weight is 350 g/mol. The summed E-state index contributed by atoms with van der Waals surface area (Å²) >= 11 is 5.98. The SMILES string of the molecule is O=c1c(-c2cccc(F)c2)c(-c2ccc(Cl)cc2)[nH]c2ccccc12. The van der Waals surface area contributed by atoms with Crippen molar-refractivity contribution in [2.45, 2.75) is 0 Å². The van der Waals surface area contributed by atoms with Crippen molar-refractivity contribution in [1.82, 2.24) is 4.98 Å². The summed E-state index contributed by atoms with van der Waals surface area (Å²) in [6.45, 7) is 0. The zero-order valence-corrected chi connectivity index (χ0v) is 13.8. The molecule has 0 radical (unpaired) electrons. The molecule has 0 atom stereocenters. The summed E-state index contributed by atoms with van der Waals surface area (Å²) in [5.41, 5.74) is 3.04. The lowest BCUT2D eigenvalue weighted by molar-refractivity contribution is 0.628. The fraction of sp³-hybridized carbons (Fsp3) is 0. The zero-order chi connectivity index (χ0) is 17.4. The van der Waals surface area contributed by atoms with Gasteiger partial charge in [-0.1, -0.05) is 48.0 Å². The van der Waals surface area contributed by atoms with Gasteiger partial charge in [0.2, 0.25) is 0 Å². The summed E-state index contributed by atoms with van der Waals surface area (Å²) in [6.07, 6.45) is 0. The summed E-state index contributed by atoms with van der Waals surface area (Å²) in [4.78, 5) is 16.5. The summed E-state index contributed by atoms with van der Waals surface area (Å²) < 4.78 is 13.8. The smallest absolute Gasteiger partial charge is 0.197 e. The van der Waals surface area contributed by atoms with Crippen LogP contribution >= 0.6 is 11.6 Å². The minimum Gasteiger partial charge on any atom is -0.354 e. The van der Waals surface area contributed by atoms with Crippen molar-refractivity contribution in [3.8, 4) is 22.4 Å². The van der Waals surface area contributed by atoms with E-state index in [1.54, 1.807) is 30.3 Å². The Bertz CT molecular complexity index is 1130. The van der Waals surface area contributed by atoms with Crippen LogP contribution in [0.4, 0.5) is 4.39 Å². The van der Waals surface area contributed by atoms with Gasteiger partial charge in [-0.2, -0.15) is 0 Å². The maximum absolute atomic E-state index is 13.8. The fourth-order valence-corrected chi connectivity index (χ4v) is 3.11. The van der Waals surface area contributed by atoms with Crippen molar-refractivity contribution in [3.63, 3.8) is 0 Å². The summed E-state index contributed by atoms with van der Waals surface area (Å²) in [5, 5.41) is 1.18. The first-order chi connectivity index (χ1) is 12.1. The largest absolute Gasteiger partial charge is 0.354 e. The zero-order valence-electron chi connectivity index (χ0n) is 13.1. The highest BCUT2D eigenvalue weighted by atomic mass is 35.5. The standard InChI is InChI=1S/C21H13ClFNO/c22-15-10-8-13(9-11-15)20-19(14-4-3-5-16(23)12-14)21(25)17-6-1-2-7-18(17)24-20/h1-12H,(H,24,25). The number of hydrogen-bond donors (Lipinski definition) is 1. The lowest BCUT2D eigenvalue weighted by atomic mass is 9.97. The number of hydrogen-bond acceptors (Lipinski definition) is 1. The van der Waals surface area contributed by atoms with E-state index in [9.17, 15) is 9.18 Å². The van der Waals surface area contributed by atoms with Crippen molar-refractivity contribution in [1.29, 1.82) is 0 Å². The minimum absolute atomic E-state index is 0.134. The fourth-order valence-electron chi connectivity index (χ4n) is 2.99. The number of nitrogens with one attached hydrogen (secondary N) is 1. The highest BCUT2D eigenvalue weighted by Crippen LogP contribution is 2.31. The van der Waals surface area contributed by atoms with Crippen molar-refractivity contribution >= 4 is 22.5 Å². The highest BCUT2D eigenvalue weighted by molar-refractivity contribution is 6.30. The van der Waals surface area contributed by atoms with E-state index < -0.39 is 0 Å². The van der Waals surface area contributed by atoms with Crippen molar-refractivity contribution in [3.05, 3.63) is 93.9 Å². The van der Waals surface area contributed by atoms with E-state index >= 15 is 0 Å². The first-order valence-corrected chi connectivity index (χ1v) is 8.18. The molecule has 2 nitrogen and oxygen atoms in total. The topological polar surface area (TPSA) is 32.9 Å². The molecule has 0 aliphatic rings. The monoisotopic (exact) mass is 349 g/mol. The van der Waals surface area contributed by atoms with Crippen molar-refractivity contribution < 1.29 is 4.39 Å². The number of aromatic nitrogens is 1. The first-order valence-electron chi connectivity index (χ1n) is 7.80. The number of rotatable bonds is 2. The van der Waals surface area contributed by atoms with Gasteiger partial charge >= 0.3 is 0 Å². The Hall–Kier alpha value is -2.91. The Kier molecular flexibility index (Phi) is 3.86. The molecule has 1 N–H and O–H groups in total. The van der Waals surface area contributed by atoms with Crippen LogP contribution in [0.25, 0.3) is 33.3 Å². The van der Waals surface area contributed by atoms with E-state index in [4.69, 9.17) is 11.6 Å². The average Bonchev–Trinajstić information content (AvgIpc) is 2.62. The molecule has 3 aromatic carbocycles. The number of benzene rings is 3. The van der Waals surface area contributed by atoms with Crippen LogP contribution in [0, 0.1) is 5.82 Å². The maximum Gasteiger partial charge on any atom is 0.197 e.